The molecule has 0 heterocycles. The van der Waals surface area contributed by atoms with Crippen molar-refractivity contribution in [3.05, 3.63) is 24.0 Å². The van der Waals surface area contributed by atoms with Gasteiger partial charge in [0, 0.05) is 12.6 Å². The van der Waals surface area contributed by atoms with Gasteiger partial charge in [0.15, 0.2) is 11.6 Å². The van der Waals surface area contributed by atoms with Crippen LogP contribution in [0.5, 0.6) is 5.75 Å². The minimum absolute atomic E-state index is 0.0852. The molecule has 0 N–H and O–H groups in total. The maximum Gasteiger partial charge on any atom is 0.167 e. The summed E-state index contributed by atoms with van der Waals surface area (Å²) in [5.74, 6) is -0.324. The van der Waals surface area contributed by atoms with Crippen LogP contribution in [0, 0.1) is 5.82 Å². The summed E-state index contributed by atoms with van der Waals surface area (Å²) in [4.78, 5) is 2.29. The van der Waals surface area contributed by atoms with Crippen LogP contribution < -0.4 is 10.5 Å². The Labute approximate surface area is 102 Å². The van der Waals surface area contributed by atoms with Gasteiger partial charge in [-0.1, -0.05) is 13.8 Å². The van der Waals surface area contributed by atoms with Crippen molar-refractivity contribution in [3.8, 4) is 5.75 Å². The van der Waals surface area contributed by atoms with Gasteiger partial charge in [-0.25, -0.2) is 4.39 Å². The number of halogens is 1. The second kappa shape index (κ2) is 7.12. The van der Waals surface area contributed by atoms with Gasteiger partial charge in [0.2, 0.25) is 0 Å². The summed E-state index contributed by atoms with van der Waals surface area (Å²) in [6, 6.07) is 3.92. The highest BCUT2D eigenvalue weighted by Crippen LogP contribution is 2.20. The highest BCUT2D eigenvalue weighted by Gasteiger charge is 2.04. The Bertz CT molecular complexity index is 340. The summed E-state index contributed by atoms with van der Waals surface area (Å²) in [7, 11) is 0. The van der Waals surface area contributed by atoms with Crippen LogP contribution >= 0.6 is 0 Å². The first-order chi connectivity index (χ1) is 8.17. The zero-order valence-corrected chi connectivity index (χ0v) is 10.4. The van der Waals surface area contributed by atoms with Crippen molar-refractivity contribution in [2.75, 3.05) is 26.2 Å². The maximum atomic E-state index is 13.3. The van der Waals surface area contributed by atoms with Crippen LogP contribution in [0.2, 0.25) is 0 Å². The van der Waals surface area contributed by atoms with Crippen molar-refractivity contribution in [1.29, 1.82) is 0 Å². The van der Waals surface area contributed by atoms with Crippen LogP contribution in [0.1, 0.15) is 20.3 Å². The van der Waals surface area contributed by atoms with Crippen LogP contribution in [0.15, 0.2) is 18.2 Å². The number of hydrogen-bond donors (Lipinski definition) is 0. The van der Waals surface area contributed by atoms with Gasteiger partial charge in [0.1, 0.15) is 0 Å². The number of nitrogens with zero attached hydrogens (tertiary/aromatic N) is 2. The highest BCUT2D eigenvalue weighted by atomic mass is 19.1. The van der Waals surface area contributed by atoms with Gasteiger partial charge in [-0.2, -0.15) is 5.73 Å². The molecule has 0 saturated carbocycles. The third kappa shape index (κ3) is 4.61. The molecule has 2 radical (unpaired) electrons. The van der Waals surface area contributed by atoms with Crippen molar-refractivity contribution in [3.63, 3.8) is 0 Å². The lowest BCUT2D eigenvalue weighted by Crippen LogP contribution is -2.25. The predicted molar refractivity (Wildman–Crippen MR) is 66.1 cm³/mol. The predicted octanol–water partition coefficient (Wildman–Crippen LogP) is 2.64. The molecule has 4 heteroatoms. The van der Waals surface area contributed by atoms with E-state index in [2.05, 4.69) is 18.7 Å². The van der Waals surface area contributed by atoms with Gasteiger partial charge in [0.05, 0.1) is 12.3 Å². The molecular formula is C13H19FN2O. The standard InChI is InChI=1S/C13H19FN2O/c1-3-16(4-2)8-5-9-17-13-7-6-11(15)10-12(13)14/h6-7,10H,3-5,8-9H2,1-2H3. The Balaban J connectivity index is 2.31. The molecular weight excluding hydrogens is 219 g/mol. The summed E-state index contributed by atoms with van der Waals surface area (Å²) in [5.41, 5.74) is 8.96. The van der Waals surface area contributed by atoms with E-state index in [-0.39, 0.29) is 11.4 Å². The van der Waals surface area contributed by atoms with E-state index < -0.39 is 5.82 Å². The third-order valence-electron chi connectivity index (χ3n) is 2.69. The molecule has 94 valence electrons. The molecule has 0 aliphatic rings. The van der Waals surface area contributed by atoms with Crippen LogP contribution in [-0.4, -0.2) is 31.1 Å². The summed E-state index contributed by atoms with van der Waals surface area (Å²) >= 11 is 0. The van der Waals surface area contributed by atoms with Crippen LogP contribution in [0.25, 0.3) is 0 Å². The SMILES string of the molecule is CCN(CC)CCCOc1ccc([N])cc1F. The molecule has 0 bridgehead atoms. The second-order valence-corrected chi connectivity index (χ2v) is 3.84. The first-order valence-electron chi connectivity index (χ1n) is 6.01. The summed E-state index contributed by atoms with van der Waals surface area (Å²) in [6.45, 7) is 7.70. The molecule has 0 atom stereocenters. The molecule has 1 rings (SSSR count). The third-order valence-corrected chi connectivity index (χ3v) is 2.69. The molecule has 0 aliphatic carbocycles. The Morgan fingerprint density at radius 3 is 2.59 bits per heavy atom. The summed E-state index contributed by atoms with van der Waals surface area (Å²) < 4.78 is 18.6. The highest BCUT2D eigenvalue weighted by molar-refractivity contribution is 5.39. The number of ether oxygens (including phenoxy) is 1. The smallest absolute Gasteiger partial charge is 0.167 e. The van der Waals surface area contributed by atoms with Crippen molar-refractivity contribution in [1.82, 2.24) is 10.6 Å². The largest absolute Gasteiger partial charge is 0.490 e. The molecule has 17 heavy (non-hydrogen) atoms. The average Bonchev–Trinajstić information content (AvgIpc) is 2.32. The minimum Gasteiger partial charge on any atom is -0.490 e. The molecule has 1 aromatic rings. The lowest BCUT2D eigenvalue weighted by Gasteiger charge is -2.17. The van der Waals surface area contributed by atoms with E-state index in [1.54, 1.807) is 0 Å². The lowest BCUT2D eigenvalue weighted by atomic mass is 10.3. The lowest BCUT2D eigenvalue weighted by molar-refractivity contribution is 0.243. The van der Waals surface area contributed by atoms with Crippen molar-refractivity contribution in [2.45, 2.75) is 20.3 Å². The van der Waals surface area contributed by atoms with Crippen LogP contribution in [0.4, 0.5) is 10.1 Å². The fourth-order valence-electron chi connectivity index (χ4n) is 1.62. The first-order valence-corrected chi connectivity index (χ1v) is 6.01. The maximum absolute atomic E-state index is 13.3. The van der Waals surface area contributed by atoms with Gasteiger partial charge in [-0.15, -0.1) is 0 Å². The molecule has 0 aliphatic heterocycles. The van der Waals surface area contributed by atoms with Gasteiger partial charge in [0.25, 0.3) is 0 Å². The van der Waals surface area contributed by atoms with Gasteiger partial charge in [-0.05, 0) is 31.6 Å². The van der Waals surface area contributed by atoms with E-state index in [9.17, 15) is 4.39 Å². The van der Waals surface area contributed by atoms with Gasteiger partial charge >= 0.3 is 0 Å². The normalized spacial score (nSPS) is 10.8. The molecule has 0 fully saturated rings. The minimum atomic E-state index is -0.521. The Kier molecular flexibility index (Phi) is 5.77. The summed E-state index contributed by atoms with van der Waals surface area (Å²) in [5, 5.41) is 0. The zero-order valence-electron chi connectivity index (χ0n) is 10.4. The van der Waals surface area contributed by atoms with Gasteiger partial charge < -0.3 is 9.64 Å². The van der Waals surface area contributed by atoms with E-state index >= 15 is 0 Å². The van der Waals surface area contributed by atoms with Crippen LogP contribution in [-0.2, 0) is 0 Å². The second-order valence-electron chi connectivity index (χ2n) is 3.84. The van der Waals surface area contributed by atoms with Crippen molar-refractivity contribution < 1.29 is 9.13 Å². The topological polar surface area (TPSA) is 34.8 Å². The van der Waals surface area contributed by atoms with Gasteiger partial charge in [-0.3, -0.25) is 0 Å². The van der Waals surface area contributed by atoms with E-state index in [0.717, 1.165) is 32.1 Å². The Hall–Kier alpha value is -1.29. The van der Waals surface area contributed by atoms with Crippen molar-refractivity contribution in [2.24, 2.45) is 0 Å². The Morgan fingerprint density at radius 2 is 2.00 bits per heavy atom. The van der Waals surface area contributed by atoms with Crippen LogP contribution in [0.3, 0.4) is 0 Å². The molecule has 0 spiro atoms. The first kappa shape index (κ1) is 13.8. The molecule has 3 nitrogen and oxygen atoms in total. The molecule has 0 saturated heterocycles. The number of hydrogen-bond acceptors (Lipinski definition) is 2. The number of rotatable bonds is 7. The zero-order chi connectivity index (χ0) is 12.7. The molecule has 0 unspecified atom stereocenters. The van der Waals surface area contributed by atoms with Crippen molar-refractivity contribution >= 4 is 5.69 Å². The van der Waals surface area contributed by atoms with E-state index in [1.165, 1.54) is 12.1 Å². The molecule has 0 aromatic heterocycles. The monoisotopic (exact) mass is 238 g/mol. The fraction of sp³-hybridized carbons (Fsp3) is 0.538. The number of benzene rings is 1. The fourth-order valence-corrected chi connectivity index (χ4v) is 1.62. The molecule has 0 amide bonds. The average molecular weight is 238 g/mol. The van der Waals surface area contributed by atoms with E-state index in [1.807, 2.05) is 0 Å². The molecule has 1 aromatic carbocycles. The van der Waals surface area contributed by atoms with E-state index in [4.69, 9.17) is 10.5 Å². The Morgan fingerprint density at radius 1 is 1.29 bits per heavy atom. The van der Waals surface area contributed by atoms with E-state index in [0.29, 0.717) is 6.61 Å². The quantitative estimate of drug-likeness (QED) is 0.684. The summed E-state index contributed by atoms with van der Waals surface area (Å²) in [6.07, 6.45) is 0.863.